The van der Waals surface area contributed by atoms with Crippen molar-refractivity contribution in [2.75, 3.05) is 0 Å². The summed E-state index contributed by atoms with van der Waals surface area (Å²) in [6.45, 7) is 3.13. The Labute approximate surface area is 127 Å². The molecule has 0 aliphatic carbocycles. The van der Waals surface area contributed by atoms with Crippen LogP contribution in [0, 0.1) is 5.92 Å². The van der Waals surface area contributed by atoms with Gasteiger partial charge in [-0.25, -0.2) is 8.42 Å². The molecule has 1 amide bonds. The minimum absolute atomic E-state index is 0.00287. The number of rotatable bonds is 6. The molecule has 1 rings (SSSR count). The number of carbonyl (C=O) groups excluding carboxylic acids is 1. The minimum atomic E-state index is -4.15. The summed E-state index contributed by atoms with van der Waals surface area (Å²) in [5.41, 5.74) is 5.00. The molecular formula is C12H15ClN2O5S. The van der Waals surface area contributed by atoms with Crippen LogP contribution in [-0.2, 0) is 14.8 Å². The van der Waals surface area contributed by atoms with E-state index in [-0.39, 0.29) is 15.5 Å². The molecule has 0 bridgehead atoms. The third-order valence-electron chi connectivity index (χ3n) is 2.68. The SMILES string of the molecule is CC(C)[C@@H](NS(=O)(=O)c1cc(Cl)cc(C(N)=O)c1)C(=O)O. The summed E-state index contributed by atoms with van der Waals surface area (Å²) in [6.07, 6.45) is 0. The Morgan fingerprint density at radius 3 is 2.29 bits per heavy atom. The molecule has 0 heterocycles. The van der Waals surface area contributed by atoms with Gasteiger partial charge in [0.15, 0.2) is 0 Å². The Kier molecular flexibility index (Phi) is 5.32. The number of carboxylic acid groups (broad SMARTS) is 1. The predicted octanol–water partition coefficient (Wildman–Crippen LogP) is 0.826. The van der Waals surface area contributed by atoms with Crippen LogP contribution in [0.2, 0.25) is 5.02 Å². The van der Waals surface area contributed by atoms with Gasteiger partial charge in [0.25, 0.3) is 0 Å². The third-order valence-corrected chi connectivity index (χ3v) is 4.32. The molecule has 0 saturated carbocycles. The Balaban J connectivity index is 3.25. The van der Waals surface area contributed by atoms with Gasteiger partial charge in [0.1, 0.15) is 6.04 Å². The molecule has 0 aliphatic rings. The van der Waals surface area contributed by atoms with Gasteiger partial charge in [0.2, 0.25) is 15.9 Å². The summed E-state index contributed by atoms with van der Waals surface area (Å²) in [7, 11) is -4.15. The highest BCUT2D eigenvalue weighted by molar-refractivity contribution is 7.89. The Bertz CT molecular complexity index is 672. The lowest BCUT2D eigenvalue weighted by atomic mass is 10.1. The molecule has 4 N–H and O–H groups in total. The van der Waals surface area contributed by atoms with E-state index in [2.05, 4.69) is 4.72 Å². The second-order valence-corrected chi connectivity index (χ2v) is 6.87. The summed E-state index contributed by atoms with van der Waals surface area (Å²) in [4.78, 5) is 21.9. The second kappa shape index (κ2) is 6.42. The summed E-state index contributed by atoms with van der Waals surface area (Å²) in [5, 5.41) is 9.03. The van der Waals surface area contributed by atoms with Crippen LogP contribution < -0.4 is 10.5 Å². The molecular weight excluding hydrogens is 320 g/mol. The molecule has 7 nitrogen and oxygen atoms in total. The molecule has 116 valence electrons. The van der Waals surface area contributed by atoms with Crippen molar-refractivity contribution in [3.8, 4) is 0 Å². The lowest BCUT2D eigenvalue weighted by Gasteiger charge is -2.18. The van der Waals surface area contributed by atoms with Crippen molar-refractivity contribution in [3.05, 3.63) is 28.8 Å². The number of aliphatic carboxylic acids is 1. The van der Waals surface area contributed by atoms with Gasteiger partial charge < -0.3 is 10.8 Å². The van der Waals surface area contributed by atoms with E-state index in [1.807, 2.05) is 0 Å². The van der Waals surface area contributed by atoms with Crippen LogP contribution in [0.4, 0.5) is 0 Å². The fraction of sp³-hybridized carbons (Fsp3) is 0.333. The van der Waals surface area contributed by atoms with Crippen molar-refractivity contribution in [1.29, 1.82) is 0 Å². The van der Waals surface area contributed by atoms with Crippen molar-refractivity contribution in [1.82, 2.24) is 4.72 Å². The average molecular weight is 335 g/mol. The molecule has 1 atom stereocenters. The van der Waals surface area contributed by atoms with Crippen molar-refractivity contribution in [2.24, 2.45) is 11.7 Å². The van der Waals surface area contributed by atoms with Gasteiger partial charge in [-0.05, 0) is 24.1 Å². The number of halogens is 1. The molecule has 9 heteroatoms. The van der Waals surface area contributed by atoms with E-state index in [4.69, 9.17) is 22.4 Å². The van der Waals surface area contributed by atoms with Gasteiger partial charge in [-0.3, -0.25) is 9.59 Å². The largest absolute Gasteiger partial charge is 0.480 e. The molecule has 0 fully saturated rings. The van der Waals surface area contributed by atoms with Gasteiger partial charge in [-0.1, -0.05) is 25.4 Å². The normalized spacial score (nSPS) is 13.1. The molecule has 0 aliphatic heterocycles. The van der Waals surface area contributed by atoms with E-state index in [0.29, 0.717) is 0 Å². The standard InChI is InChI=1S/C12H15ClN2O5S/c1-6(2)10(12(17)18)15-21(19,20)9-4-7(11(14)16)3-8(13)5-9/h3-6,10,15H,1-2H3,(H2,14,16)(H,17,18)/t10-/m1/s1. The van der Waals surface area contributed by atoms with Gasteiger partial charge in [0.05, 0.1) is 4.90 Å². The number of hydrogen-bond donors (Lipinski definition) is 3. The first-order valence-corrected chi connectivity index (χ1v) is 7.76. The number of sulfonamides is 1. The lowest BCUT2D eigenvalue weighted by Crippen LogP contribution is -2.44. The van der Waals surface area contributed by atoms with Crippen molar-refractivity contribution < 1.29 is 23.1 Å². The molecule has 21 heavy (non-hydrogen) atoms. The molecule has 1 aromatic carbocycles. The summed E-state index contributed by atoms with van der Waals surface area (Å²) in [5.74, 6) is -2.61. The van der Waals surface area contributed by atoms with Crippen LogP contribution in [-0.4, -0.2) is 31.4 Å². The maximum Gasteiger partial charge on any atom is 0.322 e. The Morgan fingerprint density at radius 2 is 1.86 bits per heavy atom. The van der Waals surface area contributed by atoms with Crippen molar-refractivity contribution in [2.45, 2.75) is 24.8 Å². The first-order chi connectivity index (χ1) is 9.54. The molecule has 0 unspecified atom stereocenters. The van der Waals surface area contributed by atoms with Crippen LogP contribution in [0.3, 0.4) is 0 Å². The summed E-state index contributed by atoms with van der Waals surface area (Å²) >= 11 is 5.75. The highest BCUT2D eigenvalue weighted by Gasteiger charge is 2.28. The van der Waals surface area contributed by atoms with Gasteiger partial charge >= 0.3 is 5.97 Å². The summed E-state index contributed by atoms with van der Waals surface area (Å²) in [6, 6.07) is 2.07. The maximum atomic E-state index is 12.2. The number of hydrogen-bond acceptors (Lipinski definition) is 4. The molecule has 0 spiro atoms. The number of nitrogens with one attached hydrogen (secondary N) is 1. The van der Waals surface area contributed by atoms with Gasteiger partial charge in [-0.2, -0.15) is 4.72 Å². The zero-order chi connectivity index (χ0) is 16.4. The van der Waals surface area contributed by atoms with Crippen molar-refractivity contribution in [3.63, 3.8) is 0 Å². The van der Waals surface area contributed by atoms with Crippen LogP contribution >= 0.6 is 11.6 Å². The maximum absolute atomic E-state index is 12.2. The van der Waals surface area contributed by atoms with E-state index in [1.165, 1.54) is 6.07 Å². The zero-order valence-corrected chi connectivity index (χ0v) is 12.9. The fourth-order valence-corrected chi connectivity index (χ4v) is 3.27. The lowest BCUT2D eigenvalue weighted by molar-refractivity contribution is -0.140. The number of amides is 1. The van der Waals surface area contributed by atoms with E-state index in [9.17, 15) is 18.0 Å². The number of nitrogens with two attached hydrogens (primary N) is 1. The second-order valence-electron chi connectivity index (χ2n) is 4.72. The van der Waals surface area contributed by atoms with Crippen LogP contribution in [0.5, 0.6) is 0 Å². The van der Waals surface area contributed by atoms with Gasteiger partial charge in [-0.15, -0.1) is 0 Å². The number of primary amides is 1. The first kappa shape index (κ1) is 17.4. The van der Waals surface area contributed by atoms with E-state index >= 15 is 0 Å². The van der Waals surface area contributed by atoms with Crippen LogP contribution in [0.1, 0.15) is 24.2 Å². The molecule has 0 radical (unpaired) electrons. The minimum Gasteiger partial charge on any atom is -0.480 e. The number of benzene rings is 1. The van der Waals surface area contributed by atoms with E-state index < -0.39 is 33.9 Å². The number of carbonyl (C=O) groups is 2. The van der Waals surface area contributed by atoms with Gasteiger partial charge in [0, 0.05) is 10.6 Å². The zero-order valence-electron chi connectivity index (χ0n) is 11.3. The third kappa shape index (κ3) is 4.42. The topological polar surface area (TPSA) is 127 Å². The highest BCUT2D eigenvalue weighted by Crippen LogP contribution is 2.20. The van der Waals surface area contributed by atoms with Crippen LogP contribution in [0.15, 0.2) is 23.1 Å². The van der Waals surface area contributed by atoms with E-state index in [1.54, 1.807) is 13.8 Å². The number of carboxylic acids is 1. The molecule has 0 aromatic heterocycles. The first-order valence-electron chi connectivity index (χ1n) is 5.90. The smallest absolute Gasteiger partial charge is 0.322 e. The monoisotopic (exact) mass is 334 g/mol. The highest BCUT2D eigenvalue weighted by atomic mass is 35.5. The molecule has 0 saturated heterocycles. The Morgan fingerprint density at radius 1 is 1.29 bits per heavy atom. The predicted molar refractivity (Wildman–Crippen MR) is 76.6 cm³/mol. The van der Waals surface area contributed by atoms with E-state index in [0.717, 1.165) is 12.1 Å². The Hall–Kier alpha value is -1.64. The van der Waals surface area contributed by atoms with Crippen LogP contribution in [0.25, 0.3) is 0 Å². The fourth-order valence-electron chi connectivity index (χ4n) is 1.57. The van der Waals surface area contributed by atoms with Crippen molar-refractivity contribution >= 4 is 33.5 Å². The quantitative estimate of drug-likeness (QED) is 0.710. The molecule has 1 aromatic rings. The summed E-state index contributed by atoms with van der Waals surface area (Å²) < 4.78 is 26.5. The average Bonchev–Trinajstić information content (AvgIpc) is 2.34.